The van der Waals surface area contributed by atoms with Crippen LogP contribution in [0, 0.1) is 13.5 Å². The highest BCUT2D eigenvalue weighted by Crippen LogP contribution is 2.38. The first-order chi connectivity index (χ1) is 13.4. The monoisotopic (exact) mass is 391 g/mol. The maximum absolute atomic E-state index is 13.1. The molecule has 1 unspecified atom stereocenters. The van der Waals surface area contributed by atoms with Crippen molar-refractivity contribution in [1.29, 1.82) is 0 Å². The van der Waals surface area contributed by atoms with E-state index >= 15 is 0 Å². The van der Waals surface area contributed by atoms with Crippen molar-refractivity contribution in [1.82, 2.24) is 4.57 Å². The Labute approximate surface area is 167 Å². The third-order valence-corrected chi connectivity index (χ3v) is 6.58. The van der Waals surface area contributed by atoms with E-state index < -0.39 is 0 Å². The molecule has 1 atom stereocenters. The van der Waals surface area contributed by atoms with E-state index in [9.17, 15) is 9.59 Å². The van der Waals surface area contributed by atoms with E-state index in [-0.39, 0.29) is 16.9 Å². The molecule has 6 heteroatoms. The van der Waals surface area contributed by atoms with Crippen molar-refractivity contribution in [3.8, 4) is 0 Å². The van der Waals surface area contributed by atoms with Crippen LogP contribution in [0.3, 0.4) is 0 Å². The Morgan fingerprint density at radius 2 is 2.14 bits per heavy atom. The summed E-state index contributed by atoms with van der Waals surface area (Å²) in [5.41, 5.74) is 2.74. The third-order valence-electron chi connectivity index (χ3n) is 5.71. The molecule has 28 heavy (non-hydrogen) atoms. The average Bonchev–Trinajstić information content (AvgIpc) is 3.37. The number of benzene rings is 1. The molecule has 1 fully saturated rings. The molecule has 0 spiro atoms. The van der Waals surface area contributed by atoms with Crippen LogP contribution in [-0.4, -0.2) is 22.9 Å². The molecule has 3 heterocycles. The summed E-state index contributed by atoms with van der Waals surface area (Å²) in [5.74, 6) is -0.253. The third kappa shape index (κ3) is 2.74. The van der Waals surface area contributed by atoms with Crippen LogP contribution in [0.25, 0.3) is 15.7 Å². The molecule has 2 aromatic heterocycles. The van der Waals surface area contributed by atoms with Gasteiger partial charge in [0.15, 0.2) is 0 Å². The molecule has 0 aliphatic carbocycles. The zero-order valence-corrected chi connectivity index (χ0v) is 17.0. The normalized spacial score (nSPS) is 16.5. The number of carbonyl (C=O) groups excluding carboxylic acids is 1. The molecule has 4 rings (SSSR count). The van der Waals surface area contributed by atoms with Crippen molar-refractivity contribution in [3.05, 3.63) is 67.4 Å². The van der Waals surface area contributed by atoms with Gasteiger partial charge in [-0.2, -0.15) is 0 Å². The van der Waals surface area contributed by atoms with E-state index in [0.717, 1.165) is 36.0 Å². The Bertz CT molecular complexity index is 1190. The molecular formula is C22H21N3O2S. The highest BCUT2D eigenvalue weighted by Gasteiger charge is 2.26. The van der Waals surface area contributed by atoms with Crippen molar-refractivity contribution in [3.63, 3.8) is 0 Å². The van der Waals surface area contributed by atoms with Gasteiger partial charge in [0.2, 0.25) is 11.5 Å². The number of hydrogen-bond acceptors (Lipinski definition) is 4. The quantitative estimate of drug-likeness (QED) is 0.481. The summed E-state index contributed by atoms with van der Waals surface area (Å²) in [4.78, 5) is 32.6. The van der Waals surface area contributed by atoms with Crippen molar-refractivity contribution < 1.29 is 4.79 Å². The second kappa shape index (κ2) is 6.92. The van der Waals surface area contributed by atoms with Crippen LogP contribution >= 0.6 is 11.3 Å². The maximum Gasteiger partial charge on any atom is 0.262 e. The van der Waals surface area contributed by atoms with Gasteiger partial charge in [0.05, 0.1) is 22.5 Å². The molecule has 0 N–H and O–H groups in total. The number of nitrogens with zero attached hydrogens (tertiary/aromatic N) is 3. The lowest BCUT2D eigenvalue weighted by Gasteiger charge is -2.26. The molecule has 0 saturated carbocycles. The molecule has 142 valence electrons. The highest BCUT2D eigenvalue weighted by molar-refractivity contribution is 7.12. The molecule has 1 aromatic carbocycles. The van der Waals surface area contributed by atoms with Crippen molar-refractivity contribution in [2.45, 2.75) is 32.7 Å². The smallest absolute Gasteiger partial charge is 0.262 e. The van der Waals surface area contributed by atoms with Gasteiger partial charge in [-0.15, -0.1) is 11.3 Å². The minimum absolute atomic E-state index is 0.190. The second-order valence-electron chi connectivity index (χ2n) is 7.33. The topological polar surface area (TPSA) is 46.7 Å². The summed E-state index contributed by atoms with van der Waals surface area (Å²) in [6.07, 6.45) is 2.20. The summed E-state index contributed by atoms with van der Waals surface area (Å²) in [5, 5.41) is 2.61. The van der Waals surface area contributed by atoms with Gasteiger partial charge in [-0.25, -0.2) is 4.85 Å². The first-order valence-corrected chi connectivity index (χ1v) is 10.2. The van der Waals surface area contributed by atoms with Crippen LogP contribution in [0.1, 0.15) is 40.6 Å². The Balaban J connectivity index is 1.99. The van der Waals surface area contributed by atoms with Crippen molar-refractivity contribution in [2.75, 3.05) is 11.4 Å². The van der Waals surface area contributed by atoms with E-state index in [1.807, 2.05) is 17.5 Å². The number of ketones is 1. The van der Waals surface area contributed by atoms with Crippen molar-refractivity contribution >= 4 is 39.4 Å². The van der Waals surface area contributed by atoms with E-state index in [2.05, 4.69) is 16.7 Å². The summed E-state index contributed by atoms with van der Waals surface area (Å²) in [7, 11) is 1.70. The molecule has 0 amide bonds. The van der Waals surface area contributed by atoms with Crippen molar-refractivity contribution in [2.24, 2.45) is 7.05 Å². The number of fused-ring (bicyclic) bond motifs is 1. The first-order valence-electron chi connectivity index (χ1n) is 9.33. The minimum atomic E-state index is -0.292. The van der Waals surface area contributed by atoms with E-state index in [0.29, 0.717) is 22.2 Å². The molecule has 1 aliphatic heterocycles. The number of hydrogen-bond donors (Lipinski definition) is 0. The Morgan fingerprint density at radius 3 is 2.75 bits per heavy atom. The van der Waals surface area contributed by atoms with Crippen LogP contribution in [0.15, 0.2) is 34.4 Å². The number of aryl methyl sites for hydroxylation is 2. The van der Waals surface area contributed by atoms with Gasteiger partial charge in [-0.05, 0) is 61.2 Å². The molecule has 1 saturated heterocycles. The SMILES string of the molecule is [C-]#[N+]c1cc2c(C)c(C(=O)c3cccs3)c(=O)n(C)c2cc1N1CCCC1C. The fraction of sp³-hybridized carbons (Fsp3) is 0.318. The zero-order valence-electron chi connectivity index (χ0n) is 16.2. The first kappa shape index (κ1) is 18.5. The largest absolute Gasteiger partial charge is 0.378 e. The second-order valence-corrected chi connectivity index (χ2v) is 8.27. The summed E-state index contributed by atoms with van der Waals surface area (Å²) >= 11 is 1.33. The fourth-order valence-electron chi connectivity index (χ4n) is 4.12. The van der Waals surface area contributed by atoms with Gasteiger partial charge in [-0.1, -0.05) is 6.07 Å². The summed E-state index contributed by atoms with van der Waals surface area (Å²) < 4.78 is 1.54. The average molecular weight is 391 g/mol. The zero-order chi connectivity index (χ0) is 20.0. The van der Waals surface area contributed by atoms with E-state index in [1.54, 1.807) is 30.7 Å². The molecule has 5 nitrogen and oxygen atoms in total. The number of pyridine rings is 1. The molecule has 0 radical (unpaired) electrons. The van der Waals surface area contributed by atoms with Crippen LogP contribution in [0.4, 0.5) is 11.4 Å². The van der Waals surface area contributed by atoms with Gasteiger partial charge in [0.1, 0.15) is 0 Å². The number of carbonyl (C=O) groups is 1. The van der Waals surface area contributed by atoms with Gasteiger partial charge in [0, 0.05) is 25.3 Å². The predicted octanol–water partition coefficient (Wildman–Crippen LogP) is 4.68. The van der Waals surface area contributed by atoms with Crippen LogP contribution in [-0.2, 0) is 7.05 Å². The summed E-state index contributed by atoms with van der Waals surface area (Å²) in [6, 6.07) is 7.69. The number of anilines is 1. The highest BCUT2D eigenvalue weighted by atomic mass is 32.1. The lowest BCUT2D eigenvalue weighted by molar-refractivity contribution is 0.104. The molecule has 1 aliphatic rings. The lowest BCUT2D eigenvalue weighted by atomic mass is 9.99. The minimum Gasteiger partial charge on any atom is -0.378 e. The Kier molecular flexibility index (Phi) is 4.56. The number of rotatable bonds is 3. The molecule has 3 aromatic rings. The Morgan fingerprint density at radius 1 is 1.36 bits per heavy atom. The van der Waals surface area contributed by atoms with Gasteiger partial charge in [0.25, 0.3) is 5.56 Å². The molecule has 0 bridgehead atoms. The van der Waals surface area contributed by atoms with Gasteiger partial charge < -0.3 is 9.47 Å². The number of thiophene rings is 1. The fourth-order valence-corrected chi connectivity index (χ4v) is 4.79. The molecular weight excluding hydrogens is 370 g/mol. The van der Waals surface area contributed by atoms with Crippen LogP contribution < -0.4 is 10.5 Å². The summed E-state index contributed by atoms with van der Waals surface area (Å²) in [6.45, 7) is 12.6. The lowest BCUT2D eigenvalue weighted by Crippen LogP contribution is -2.28. The van der Waals surface area contributed by atoms with Crippen LogP contribution in [0.2, 0.25) is 0 Å². The predicted molar refractivity (Wildman–Crippen MR) is 114 cm³/mol. The maximum atomic E-state index is 13.1. The Hall–Kier alpha value is -2.91. The van der Waals surface area contributed by atoms with E-state index in [1.165, 1.54) is 11.3 Å². The standard InChI is InChI=1S/C22H21N3O2S/c1-13-7-5-9-25(13)18-12-17-15(11-16(18)23-3)14(2)20(22(27)24(17)4)21(26)19-8-6-10-28-19/h6,8,10-13H,5,7,9H2,1-2,4H3. The van der Waals surface area contributed by atoms with Gasteiger partial charge >= 0.3 is 0 Å². The van der Waals surface area contributed by atoms with E-state index in [4.69, 9.17) is 6.57 Å². The van der Waals surface area contributed by atoms with Gasteiger partial charge in [-0.3, -0.25) is 9.59 Å². The van der Waals surface area contributed by atoms with Crippen LogP contribution in [0.5, 0.6) is 0 Å². The number of aromatic nitrogens is 1.